The van der Waals surface area contributed by atoms with Gasteiger partial charge in [0.25, 0.3) is 5.91 Å². The number of carbonyl (C=O) groups is 2. The number of hydrogen-bond donors (Lipinski definition) is 1. The van der Waals surface area contributed by atoms with E-state index in [9.17, 15) is 9.59 Å². The van der Waals surface area contributed by atoms with E-state index >= 15 is 0 Å². The van der Waals surface area contributed by atoms with Gasteiger partial charge in [-0.3, -0.25) is 9.59 Å². The molecule has 2 fully saturated rings. The third kappa shape index (κ3) is 4.28. The van der Waals surface area contributed by atoms with Gasteiger partial charge in [-0.2, -0.15) is 0 Å². The molecule has 5 aromatic rings. The number of aromatic nitrogens is 2. The van der Waals surface area contributed by atoms with Crippen molar-refractivity contribution in [3.05, 3.63) is 78.6 Å². The van der Waals surface area contributed by atoms with Gasteiger partial charge in [-0.1, -0.05) is 36.4 Å². The van der Waals surface area contributed by atoms with Crippen LogP contribution in [-0.4, -0.2) is 46.4 Å². The molecular formula is C32H30N4O3. The number of fused-ring (bicyclic) bond motifs is 2. The van der Waals surface area contributed by atoms with Crippen LogP contribution in [0.1, 0.15) is 29.6 Å². The number of amides is 2. The molecule has 3 aromatic carbocycles. The van der Waals surface area contributed by atoms with Crippen molar-refractivity contribution in [3.63, 3.8) is 0 Å². The Morgan fingerprint density at radius 2 is 1.77 bits per heavy atom. The Morgan fingerprint density at radius 3 is 2.56 bits per heavy atom. The van der Waals surface area contributed by atoms with E-state index in [2.05, 4.69) is 46.3 Å². The van der Waals surface area contributed by atoms with Crippen LogP contribution in [0.25, 0.3) is 44.5 Å². The molecule has 1 saturated carbocycles. The fourth-order valence-electron chi connectivity index (χ4n) is 5.89. The first-order valence-electron chi connectivity index (χ1n) is 13.7. The number of nitrogens with zero attached hydrogens (tertiary/aromatic N) is 3. The second-order valence-corrected chi connectivity index (χ2v) is 10.8. The summed E-state index contributed by atoms with van der Waals surface area (Å²) in [6.45, 7) is 2.26. The summed E-state index contributed by atoms with van der Waals surface area (Å²) in [7, 11) is 1.65. The Labute approximate surface area is 226 Å². The van der Waals surface area contributed by atoms with Crippen LogP contribution in [0.5, 0.6) is 0 Å². The van der Waals surface area contributed by atoms with Crippen molar-refractivity contribution < 1.29 is 14.0 Å². The highest BCUT2D eigenvalue weighted by Crippen LogP contribution is 2.35. The highest BCUT2D eigenvalue weighted by atomic mass is 16.3. The van der Waals surface area contributed by atoms with Crippen LogP contribution in [0.4, 0.5) is 0 Å². The van der Waals surface area contributed by atoms with Crippen molar-refractivity contribution in [2.75, 3.05) is 20.1 Å². The molecule has 1 N–H and O–H groups in total. The second kappa shape index (κ2) is 9.42. The molecule has 7 nitrogen and oxygen atoms in total. The molecule has 3 heterocycles. The van der Waals surface area contributed by atoms with Crippen LogP contribution >= 0.6 is 0 Å². The third-order valence-electron chi connectivity index (χ3n) is 8.13. The lowest BCUT2D eigenvalue weighted by molar-refractivity contribution is -0.131. The molecule has 7 rings (SSSR count). The van der Waals surface area contributed by atoms with Gasteiger partial charge in [0, 0.05) is 43.5 Å². The van der Waals surface area contributed by atoms with Gasteiger partial charge in [0.15, 0.2) is 0 Å². The Kier molecular flexibility index (Phi) is 5.72. The Balaban J connectivity index is 1.26. The molecule has 7 heteroatoms. The Morgan fingerprint density at radius 1 is 0.974 bits per heavy atom. The number of furan rings is 1. The lowest BCUT2D eigenvalue weighted by Crippen LogP contribution is -2.30. The minimum Gasteiger partial charge on any atom is -0.464 e. The van der Waals surface area contributed by atoms with Gasteiger partial charge >= 0.3 is 0 Å². The topological polar surface area (TPSA) is 80.4 Å². The van der Waals surface area contributed by atoms with E-state index in [1.807, 2.05) is 35.2 Å². The fourth-order valence-corrected chi connectivity index (χ4v) is 5.89. The van der Waals surface area contributed by atoms with Crippen LogP contribution < -0.4 is 5.32 Å². The Hall–Kier alpha value is -4.39. The quantitative estimate of drug-likeness (QED) is 0.311. The maximum atomic E-state index is 12.8. The molecule has 2 amide bonds. The molecule has 0 spiro atoms. The maximum Gasteiger partial charge on any atom is 0.253 e. The summed E-state index contributed by atoms with van der Waals surface area (Å²) >= 11 is 0. The molecule has 1 saturated heterocycles. The monoisotopic (exact) mass is 518 g/mol. The minimum absolute atomic E-state index is 0.129. The number of para-hydroxylation sites is 1. The number of likely N-dealkylation sites (tertiary alicyclic amines) is 1. The second-order valence-electron chi connectivity index (χ2n) is 10.8. The molecule has 1 atom stereocenters. The molecule has 2 aromatic heterocycles. The van der Waals surface area contributed by atoms with Gasteiger partial charge in [-0.05, 0) is 66.6 Å². The zero-order chi connectivity index (χ0) is 26.5. The van der Waals surface area contributed by atoms with Crippen LogP contribution in [0.15, 0.2) is 77.4 Å². The first-order chi connectivity index (χ1) is 19.1. The van der Waals surface area contributed by atoms with E-state index in [1.165, 1.54) is 0 Å². The van der Waals surface area contributed by atoms with Crippen LogP contribution in [0.2, 0.25) is 0 Å². The van der Waals surface area contributed by atoms with E-state index in [0.29, 0.717) is 23.9 Å². The van der Waals surface area contributed by atoms with Crippen molar-refractivity contribution in [1.82, 2.24) is 19.8 Å². The summed E-state index contributed by atoms with van der Waals surface area (Å²) in [6.07, 6.45) is 4.71. The first kappa shape index (κ1) is 23.7. The average molecular weight is 519 g/mol. The van der Waals surface area contributed by atoms with E-state index < -0.39 is 0 Å². The van der Waals surface area contributed by atoms with Gasteiger partial charge in [0.05, 0.1) is 22.9 Å². The summed E-state index contributed by atoms with van der Waals surface area (Å²) in [5, 5.41) is 3.86. The third-order valence-corrected chi connectivity index (χ3v) is 8.13. The van der Waals surface area contributed by atoms with E-state index in [0.717, 1.165) is 76.9 Å². The number of benzene rings is 3. The van der Waals surface area contributed by atoms with E-state index in [-0.39, 0.29) is 11.8 Å². The molecule has 196 valence electrons. The predicted molar refractivity (Wildman–Crippen MR) is 151 cm³/mol. The van der Waals surface area contributed by atoms with Crippen molar-refractivity contribution in [1.29, 1.82) is 0 Å². The van der Waals surface area contributed by atoms with Gasteiger partial charge in [0.2, 0.25) is 5.91 Å². The molecule has 0 radical (unpaired) electrons. The first-order valence-corrected chi connectivity index (χ1v) is 13.7. The summed E-state index contributed by atoms with van der Waals surface area (Å²) < 4.78 is 7.69. The Bertz CT molecular complexity index is 1710. The largest absolute Gasteiger partial charge is 0.464 e. The van der Waals surface area contributed by atoms with Crippen LogP contribution in [-0.2, 0) is 11.3 Å². The van der Waals surface area contributed by atoms with E-state index in [4.69, 9.17) is 9.40 Å². The molecule has 1 aliphatic heterocycles. The predicted octanol–water partition coefficient (Wildman–Crippen LogP) is 5.73. The van der Waals surface area contributed by atoms with Gasteiger partial charge in [-0.25, -0.2) is 4.98 Å². The highest BCUT2D eigenvalue weighted by Gasteiger charge is 2.37. The molecule has 2 aliphatic rings. The lowest BCUT2D eigenvalue weighted by atomic mass is 10.0. The zero-order valence-electron chi connectivity index (χ0n) is 21.9. The highest BCUT2D eigenvalue weighted by molar-refractivity contribution is 6.05. The number of carbonyl (C=O) groups excluding carboxylic acids is 2. The van der Waals surface area contributed by atoms with Crippen LogP contribution in [0.3, 0.4) is 0 Å². The summed E-state index contributed by atoms with van der Waals surface area (Å²) in [6, 6.07) is 22.3. The standard InChI is InChI=1S/C32H30N4O3/c1-33-31(37)26-3-2-4-27-29(26)36(19-20-13-15-35(18-20)32(38)23-9-10-23)30(34-27)22-7-5-21(6-8-22)24-11-12-28-25(17-24)14-16-39-28/h2-8,11-12,14,16-17,20,23H,9-10,13,15,18-19H2,1H3,(H,33,37)/t20-/m1/s1. The SMILES string of the molecule is CNC(=O)c1cccc2nc(-c3ccc(-c4ccc5occc5c4)cc3)n(C[C@@H]3CCN(C(=O)C4CC4)C3)c12. The molecule has 1 aliphatic carbocycles. The fraction of sp³-hybridized carbons (Fsp3) is 0.281. The van der Waals surface area contributed by atoms with Gasteiger partial charge in [-0.15, -0.1) is 0 Å². The summed E-state index contributed by atoms with van der Waals surface area (Å²) in [5.74, 6) is 1.56. The molecule has 0 bridgehead atoms. The lowest BCUT2D eigenvalue weighted by Gasteiger charge is -2.18. The minimum atomic E-state index is -0.129. The summed E-state index contributed by atoms with van der Waals surface area (Å²) in [4.78, 5) is 32.6. The maximum absolute atomic E-state index is 12.8. The number of hydrogen-bond acceptors (Lipinski definition) is 4. The van der Waals surface area contributed by atoms with Crippen molar-refractivity contribution in [2.45, 2.75) is 25.8 Å². The number of nitrogens with one attached hydrogen (secondary N) is 1. The number of imidazole rings is 1. The van der Waals surface area contributed by atoms with Gasteiger partial charge in [0.1, 0.15) is 11.4 Å². The molecular weight excluding hydrogens is 488 g/mol. The zero-order valence-corrected chi connectivity index (χ0v) is 21.9. The number of rotatable bonds is 6. The van der Waals surface area contributed by atoms with E-state index in [1.54, 1.807) is 13.3 Å². The normalized spacial score (nSPS) is 17.3. The van der Waals surface area contributed by atoms with Crippen LogP contribution in [0, 0.1) is 11.8 Å². The summed E-state index contributed by atoms with van der Waals surface area (Å²) in [5.41, 5.74) is 6.35. The molecule has 39 heavy (non-hydrogen) atoms. The van der Waals surface area contributed by atoms with Crippen molar-refractivity contribution >= 4 is 33.8 Å². The smallest absolute Gasteiger partial charge is 0.253 e. The molecule has 0 unspecified atom stereocenters. The van der Waals surface area contributed by atoms with Crippen molar-refractivity contribution in [3.8, 4) is 22.5 Å². The van der Waals surface area contributed by atoms with Gasteiger partial charge < -0.3 is 19.2 Å². The average Bonchev–Trinajstić information content (AvgIpc) is 3.36. The van der Waals surface area contributed by atoms with Crippen molar-refractivity contribution in [2.24, 2.45) is 11.8 Å².